The maximum absolute atomic E-state index is 10.7. The Kier molecular flexibility index (Phi) is 15.9. The molecule has 0 spiro atoms. The lowest BCUT2D eigenvalue weighted by Crippen LogP contribution is -1.97. The van der Waals surface area contributed by atoms with Crippen molar-refractivity contribution < 1.29 is 9.53 Å². The maximum atomic E-state index is 10.7. The van der Waals surface area contributed by atoms with Crippen molar-refractivity contribution in [3.63, 3.8) is 0 Å². The lowest BCUT2D eigenvalue weighted by Gasteiger charge is -2.06. The summed E-state index contributed by atoms with van der Waals surface area (Å²) in [5, 5.41) is 0. The van der Waals surface area contributed by atoms with E-state index in [4.69, 9.17) is 4.74 Å². The van der Waals surface area contributed by atoms with Gasteiger partial charge in [-0.05, 0) is 18.6 Å². The van der Waals surface area contributed by atoms with E-state index in [0.717, 1.165) is 25.1 Å². The van der Waals surface area contributed by atoms with Crippen LogP contribution in [-0.4, -0.2) is 12.9 Å². The van der Waals surface area contributed by atoms with E-state index in [2.05, 4.69) is 6.92 Å². The second-order valence-electron chi connectivity index (χ2n) is 7.84. The van der Waals surface area contributed by atoms with Crippen molar-refractivity contribution in [2.24, 2.45) is 0 Å². The number of rotatable bonds is 19. The third kappa shape index (κ3) is 14.4. The number of benzene rings is 1. The molecule has 0 aliphatic carbocycles. The van der Waals surface area contributed by atoms with Crippen LogP contribution in [0.15, 0.2) is 24.3 Å². The molecular formula is C25H42O2. The fourth-order valence-corrected chi connectivity index (χ4v) is 3.52. The van der Waals surface area contributed by atoms with E-state index in [1.165, 1.54) is 96.3 Å². The van der Waals surface area contributed by atoms with Crippen molar-refractivity contribution in [3.05, 3.63) is 29.8 Å². The number of hydrogen-bond donors (Lipinski definition) is 0. The molecule has 0 N–H and O–H groups in total. The number of carbonyl (C=O) groups excluding carboxylic acids is 1. The summed E-state index contributed by atoms with van der Waals surface area (Å²) < 4.78 is 5.71. The van der Waals surface area contributed by atoms with E-state index in [-0.39, 0.29) is 0 Å². The molecule has 0 radical (unpaired) electrons. The molecule has 0 saturated carbocycles. The van der Waals surface area contributed by atoms with E-state index in [1.54, 1.807) is 12.1 Å². The summed E-state index contributed by atoms with van der Waals surface area (Å²) in [7, 11) is 0. The van der Waals surface area contributed by atoms with Crippen LogP contribution in [0.25, 0.3) is 0 Å². The van der Waals surface area contributed by atoms with E-state index in [0.29, 0.717) is 5.56 Å². The van der Waals surface area contributed by atoms with Crippen LogP contribution in [0.5, 0.6) is 5.75 Å². The molecular weight excluding hydrogens is 332 g/mol. The summed E-state index contributed by atoms with van der Waals surface area (Å²) in [5.74, 6) is 0.806. The summed E-state index contributed by atoms with van der Waals surface area (Å²) in [5.41, 5.74) is 0.680. The van der Waals surface area contributed by atoms with Gasteiger partial charge in [-0.15, -0.1) is 0 Å². The van der Waals surface area contributed by atoms with Gasteiger partial charge >= 0.3 is 0 Å². The average molecular weight is 375 g/mol. The molecule has 1 aromatic rings. The first-order chi connectivity index (χ1) is 13.4. The smallest absolute Gasteiger partial charge is 0.150 e. The van der Waals surface area contributed by atoms with E-state index in [1.807, 2.05) is 12.1 Å². The Morgan fingerprint density at radius 1 is 0.704 bits per heavy atom. The first-order valence-electron chi connectivity index (χ1n) is 11.5. The Morgan fingerprint density at radius 2 is 1.19 bits per heavy atom. The quantitative estimate of drug-likeness (QED) is 0.180. The van der Waals surface area contributed by atoms with Crippen molar-refractivity contribution >= 4 is 6.29 Å². The molecule has 0 fully saturated rings. The van der Waals surface area contributed by atoms with Gasteiger partial charge in [-0.1, -0.05) is 115 Å². The second-order valence-corrected chi connectivity index (χ2v) is 7.84. The third-order valence-corrected chi connectivity index (χ3v) is 5.26. The van der Waals surface area contributed by atoms with Crippen molar-refractivity contribution in [1.29, 1.82) is 0 Å². The van der Waals surface area contributed by atoms with Crippen LogP contribution in [-0.2, 0) is 0 Å². The zero-order valence-electron chi connectivity index (χ0n) is 17.7. The first-order valence-corrected chi connectivity index (χ1v) is 11.5. The molecule has 27 heavy (non-hydrogen) atoms. The Bertz CT molecular complexity index is 455. The zero-order valence-corrected chi connectivity index (χ0v) is 17.7. The molecule has 1 aromatic carbocycles. The predicted molar refractivity (Wildman–Crippen MR) is 117 cm³/mol. The number of hydrogen-bond acceptors (Lipinski definition) is 2. The van der Waals surface area contributed by atoms with Gasteiger partial charge in [0.1, 0.15) is 12.0 Å². The summed E-state index contributed by atoms with van der Waals surface area (Å²) in [6.07, 6.45) is 23.0. The summed E-state index contributed by atoms with van der Waals surface area (Å²) in [6, 6.07) is 7.39. The van der Waals surface area contributed by atoms with E-state index in [9.17, 15) is 4.79 Å². The Hall–Kier alpha value is -1.31. The SMILES string of the molecule is CCCCCCCCCCCCCCCCCCOc1cccc(C=O)c1. The van der Waals surface area contributed by atoms with Crippen molar-refractivity contribution in [3.8, 4) is 5.75 Å². The van der Waals surface area contributed by atoms with Crippen LogP contribution >= 0.6 is 0 Å². The Labute approximate surface area is 168 Å². The van der Waals surface area contributed by atoms with Crippen LogP contribution in [0.2, 0.25) is 0 Å². The molecule has 154 valence electrons. The summed E-state index contributed by atoms with van der Waals surface area (Å²) in [4.78, 5) is 10.7. The van der Waals surface area contributed by atoms with Crippen LogP contribution in [0.4, 0.5) is 0 Å². The first kappa shape index (κ1) is 23.7. The van der Waals surface area contributed by atoms with Gasteiger partial charge < -0.3 is 4.74 Å². The lowest BCUT2D eigenvalue weighted by atomic mass is 10.0. The van der Waals surface area contributed by atoms with E-state index >= 15 is 0 Å². The minimum atomic E-state index is 0.680. The molecule has 0 bridgehead atoms. The summed E-state index contributed by atoms with van der Waals surface area (Å²) >= 11 is 0. The molecule has 0 aliphatic rings. The van der Waals surface area contributed by atoms with Gasteiger partial charge in [0.25, 0.3) is 0 Å². The van der Waals surface area contributed by atoms with Gasteiger partial charge in [-0.25, -0.2) is 0 Å². The summed E-state index contributed by atoms with van der Waals surface area (Å²) in [6.45, 7) is 3.03. The molecule has 0 aliphatic heterocycles. The van der Waals surface area contributed by atoms with Crippen molar-refractivity contribution in [2.45, 2.75) is 110 Å². The number of ether oxygens (including phenoxy) is 1. The maximum Gasteiger partial charge on any atom is 0.150 e. The fourth-order valence-electron chi connectivity index (χ4n) is 3.52. The largest absolute Gasteiger partial charge is 0.494 e. The van der Waals surface area contributed by atoms with Crippen LogP contribution in [0.1, 0.15) is 120 Å². The van der Waals surface area contributed by atoms with Gasteiger partial charge in [0, 0.05) is 5.56 Å². The predicted octanol–water partition coefficient (Wildman–Crippen LogP) is 8.14. The molecule has 0 amide bonds. The Morgan fingerprint density at radius 3 is 1.67 bits per heavy atom. The highest BCUT2D eigenvalue weighted by Crippen LogP contribution is 2.15. The molecule has 1 rings (SSSR count). The minimum Gasteiger partial charge on any atom is -0.494 e. The number of unbranched alkanes of at least 4 members (excludes halogenated alkanes) is 15. The molecule has 0 unspecified atom stereocenters. The highest BCUT2D eigenvalue weighted by Gasteiger charge is 1.97. The number of aldehydes is 1. The minimum absolute atomic E-state index is 0.680. The molecule has 0 aromatic heterocycles. The second kappa shape index (κ2) is 18.1. The van der Waals surface area contributed by atoms with Crippen LogP contribution in [0, 0.1) is 0 Å². The van der Waals surface area contributed by atoms with Crippen LogP contribution in [0.3, 0.4) is 0 Å². The topological polar surface area (TPSA) is 26.3 Å². The Balaban J connectivity index is 1.77. The average Bonchev–Trinajstić information content (AvgIpc) is 2.70. The van der Waals surface area contributed by atoms with Gasteiger partial charge in [-0.3, -0.25) is 4.79 Å². The molecule has 0 saturated heterocycles. The zero-order chi connectivity index (χ0) is 19.4. The molecule has 2 heteroatoms. The standard InChI is InChI=1S/C25H42O2/c1-2-3-4-5-6-7-8-9-10-11-12-13-14-15-16-17-21-27-25-20-18-19-24(22-25)23-26/h18-20,22-23H,2-17,21H2,1H3. The monoisotopic (exact) mass is 374 g/mol. The molecule has 0 atom stereocenters. The lowest BCUT2D eigenvalue weighted by molar-refractivity contribution is 0.112. The highest BCUT2D eigenvalue weighted by atomic mass is 16.5. The van der Waals surface area contributed by atoms with Gasteiger partial charge in [0.05, 0.1) is 6.61 Å². The van der Waals surface area contributed by atoms with Crippen molar-refractivity contribution in [1.82, 2.24) is 0 Å². The molecule has 2 nitrogen and oxygen atoms in total. The van der Waals surface area contributed by atoms with Crippen LogP contribution < -0.4 is 4.74 Å². The van der Waals surface area contributed by atoms with E-state index < -0.39 is 0 Å². The normalized spacial score (nSPS) is 10.9. The third-order valence-electron chi connectivity index (χ3n) is 5.26. The van der Waals surface area contributed by atoms with Gasteiger partial charge in [0.15, 0.2) is 0 Å². The molecule has 0 heterocycles. The number of carbonyl (C=O) groups is 1. The van der Waals surface area contributed by atoms with Gasteiger partial charge in [-0.2, -0.15) is 0 Å². The fraction of sp³-hybridized carbons (Fsp3) is 0.720. The van der Waals surface area contributed by atoms with Crippen molar-refractivity contribution in [2.75, 3.05) is 6.61 Å². The highest BCUT2D eigenvalue weighted by molar-refractivity contribution is 5.75. The van der Waals surface area contributed by atoms with Gasteiger partial charge in [0.2, 0.25) is 0 Å².